The third kappa shape index (κ3) is 9.21. The lowest BCUT2D eigenvalue weighted by Crippen LogP contribution is -2.43. The Morgan fingerprint density at radius 2 is 0.524 bits per heavy atom. The van der Waals surface area contributed by atoms with Crippen LogP contribution in [0.15, 0.2) is 243 Å². The molecular formula is C58H52O5. The van der Waals surface area contributed by atoms with E-state index in [-0.39, 0.29) is 13.2 Å². The SMILES string of the molecule is c1ccc(CO[C@H]2[C@H](OCc3ccccc3)[C@@H](COC(c3ccccc3)(c3ccccc3)c3ccccc3)O[C@H]2COC(c2ccccc2)(c2ccccc2)c2ccccc2)cc1. The minimum atomic E-state index is -0.963. The number of hydrogen-bond acceptors (Lipinski definition) is 5. The largest absolute Gasteiger partial charge is 0.368 e. The molecule has 1 heterocycles. The second-order valence-electron chi connectivity index (χ2n) is 15.9. The van der Waals surface area contributed by atoms with Crippen molar-refractivity contribution >= 4 is 0 Å². The van der Waals surface area contributed by atoms with Crippen molar-refractivity contribution in [1.82, 2.24) is 0 Å². The summed E-state index contributed by atoms with van der Waals surface area (Å²) in [7, 11) is 0. The number of benzene rings is 8. The molecule has 5 heteroatoms. The molecule has 8 aromatic carbocycles. The van der Waals surface area contributed by atoms with Gasteiger partial charge in [0.25, 0.3) is 0 Å². The van der Waals surface area contributed by atoms with Crippen LogP contribution in [0.2, 0.25) is 0 Å². The van der Waals surface area contributed by atoms with E-state index in [1.807, 2.05) is 72.8 Å². The Balaban J connectivity index is 1.13. The molecule has 0 N–H and O–H groups in total. The molecule has 4 atom stereocenters. The van der Waals surface area contributed by atoms with Crippen LogP contribution in [0, 0.1) is 0 Å². The Bertz CT molecular complexity index is 2170. The number of ether oxygens (including phenoxy) is 5. The molecule has 0 bridgehead atoms. The van der Waals surface area contributed by atoms with Crippen molar-refractivity contribution in [3.63, 3.8) is 0 Å². The molecule has 0 radical (unpaired) electrons. The van der Waals surface area contributed by atoms with E-state index in [0.717, 1.165) is 44.5 Å². The fourth-order valence-corrected chi connectivity index (χ4v) is 8.96. The highest BCUT2D eigenvalue weighted by atomic mass is 16.6. The van der Waals surface area contributed by atoms with Gasteiger partial charge in [0.15, 0.2) is 0 Å². The summed E-state index contributed by atoms with van der Waals surface area (Å²) in [6, 6.07) is 83.2. The van der Waals surface area contributed by atoms with Gasteiger partial charge in [-0.2, -0.15) is 0 Å². The maximum Gasteiger partial charge on any atom is 0.143 e. The predicted octanol–water partition coefficient (Wildman–Crippen LogP) is 11.9. The van der Waals surface area contributed by atoms with Crippen molar-refractivity contribution in [2.45, 2.75) is 48.8 Å². The quantitative estimate of drug-likeness (QED) is 0.0806. The van der Waals surface area contributed by atoms with E-state index in [9.17, 15) is 0 Å². The van der Waals surface area contributed by atoms with Crippen molar-refractivity contribution in [2.75, 3.05) is 13.2 Å². The first-order chi connectivity index (χ1) is 31.2. The van der Waals surface area contributed by atoms with Crippen molar-refractivity contribution in [2.24, 2.45) is 0 Å². The zero-order valence-corrected chi connectivity index (χ0v) is 35.3. The van der Waals surface area contributed by atoms with Gasteiger partial charge in [0.2, 0.25) is 0 Å². The highest BCUT2D eigenvalue weighted by Crippen LogP contribution is 2.44. The summed E-state index contributed by atoms with van der Waals surface area (Å²) in [4.78, 5) is 0. The van der Waals surface area contributed by atoms with Crippen LogP contribution in [0.5, 0.6) is 0 Å². The van der Waals surface area contributed by atoms with Gasteiger partial charge >= 0.3 is 0 Å². The summed E-state index contributed by atoms with van der Waals surface area (Å²) in [6.45, 7) is 1.13. The van der Waals surface area contributed by atoms with Gasteiger partial charge in [0.05, 0.1) is 26.4 Å². The van der Waals surface area contributed by atoms with Gasteiger partial charge in [-0.15, -0.1) is 0 Å². The molecule has 314 valence electrons. The first-order valence-corrected chi connectivity index (χ1v) is 21.8. The van der Waals surface area contributed by atoms with Gasteiger partial charge in [0.1, 0.15) is 35.6 Å². The normalized spacial score (nSPS) is 17.7. The van der Waals surface area contributed by atoms with Gasteiger partial charge in [-0.1, -0.05) is 243 Å². The minimum absolute atomic E-state index is 0.195. The van der Waals surface area contributed by atoms with E-state index in [4.69, 9.17) is 23.7 Å². The van der Waals surface area contributed by atoms with Crippen molar-refractivity contribution in [1.29, 1.82) is 0 Å². The molecule has 1 aliphatic heterocycles. The molecule has 1 aliphatic rings. The lowest BCUT2D eigenvalue weighted by Gasteiger charge is -2.37. The molecule has 5 nitrogen and oxygen atoms in total. The van der Waals surface area contributed by atoms with E-state index >= 15 is 0 Å². The van der Waals surface area contributed by atoms with Crippen LogP contribution in [-0.2, 0) is 48.1 Å². The molecule has 1 fully saturated rings. The third-order valence-electron chi connectivity index (χ3n) is 12.0. The first-order valence-electron chi connectivity index (χ1n) is 21.8. The van der Waals surface area contributed by atoms with Gasteiger partial charge in [-0.05, 0) is 44.5 Å². The summed E-state index contributed by atoms with van der Waals surface area (Å²) >= 11 is 0. The number of rotatable bonds is 18. The Hall–Kier alpha value is -6.44. The average Bonchev–Trinajstić information content (AvgIpc) is 3.71. The van der Waals surface area contributed by atoms with Crippen LogP contribution in [-0.4, -0.2) is 37.6 Å². The summed E-state index contributed by atoms with van der Waals surface area (Å²) in [5.74, 6) is 0. The maximum atomic E-state index is 7.47. The lowest BCUT2D eigenvalue weighted by atomic mass is 9.80. The topological polar surface area (TPSA) is 46.2 Å². The van der Waals surface area contributed by atoms with Crippen molar-refractivity contribution in [3.8, 4) is 0 Å². The molecule has 63 heavy (non-hydrogen) atoms. The van der Waals surface area contributed by atoms with E-state index in [1.165, 1.54) is 0 Å². The van der Waals surface area contributed by atoms with Crippen LogP contribution in [0.1, 0.15) is 44.5 Å². The zero-order chi connectivity index (χ0) is 42.6. The Morgan fingerprint density at radius 3 is 0.762 bits per heavy atom. The summed E-state index contributed by atoms with van der Waals surface area (Å²) in [6.07, 6.45) is -2.14. The highest BCUT2D eigenvalue weighted by Gasteiger charge is 2.50. The Kier molecular flexibility index (Phi) is 13.4. The van der Waals surface area contributed by atoms with E-state index in [2.05, 4.69) is 170 Å². The molecule has 9 rings (SSSR count). The molecule has 0 spiro atoms. The molecule has 0 saturated carbocycles. The van der Waals surface area contributed by atoms with E-state index < -0.39 is 35.6 Å². The Labute approximate surface area is 371 Å². The number of hydrogen-bond donors (Lipinski definition) is 0. The van der Waals surface area contributed by atoms with Gasteiger partial charge in [-0.25, -0.2) is 0 Å². The average molecular weight is 829 g/mol. The smallest absolute Gasteiger partial charge is 0.143 e. The summed E-state index contributed by atoms with van der Waals surface area (Å²) in [5.41, 5.74) is 6.26. The second kappa shape index (κ2) is 20.2. The van der Waals surface area contributed by atoms with Crippen LogP contribution in [0.4, 0.5) is 0 Å². The monoisotopic (exact) mass is 828 g/mol. The lowest BCUT2D eigenvalue weighted by molar-refractivity contribution is -0.113. The molecule has 8 aromatic rings. The van der Waals surface area contributed by atoms with Gasteiger partial charge in [-0.3, -0.25) is 0 Å². The van der Waals surface area contributed by atoms with E-state index in [0.29, 0.717) is 13.2 Å². The van der Waals surface area contributed by atoms with Crippen LogP contribution < -0.4 is 0 Å². The van der Waals surface area contributed by atoms with Crippen molar-refractivity contribution < 1.29 is 23.7 Å². The molecule has 1 saturated heterocycles. The minimum Gasteiger partial charge on any atom is -0.368 e. The molecule has 0 amide bonds. The fraction of sp³-hybridized carbons (Fsp3) is 0.172. The van der Waals surface area contributed by atoms with Crippen LogP contribution in [0.3, 0.4) is 0 Å². The molecule has 0 unspecified atom stereocenters. The summed E-state index contributed by atoms with van der Waals surface area (Å²) < 4.78 is 36.2. The van der Waals surface area contributed by atoms with Crippen LogP contribution >= 0.6 is 0 Å². The zero-order valence-electron chi connectivity index (χ0n) is 35.3. The van der Waals surface area contributed by atoms with Crippen molar-refractivity contribution in [3.05, 3.63) is 287 Å². The second-order valence-corrected chi connectivity index (χ2v) is 15.9. The summed E-state index contributed by atoms with van der Waals surface area (Å²) in [5, 5.41) is 0. The highest BCUT2D eigenvalue weighted by molar-refractivity contribution is 5.49. The van der Waals surface area contributed by atoms with E-state index in [1.54, 1.807) is 0 Å². The van der Waals surface area contributed by atoms with Crippen LogP contribution in [0.25, 0.3) is 0 Å². The third-order valence-corrected chi connectivity index (χ3v) is 12.0. The maximum absolute atomic E-state index is 7.47. The van der Waals surface area contributed by atoms with Gasteiger partial charge < -0.3 is 23.7 Å². The molecule has 0 aromatic heterocycles. The van der Waals surface area contributed by atoms with Gasteiger partial charge in [0, 0.05) is 0 Å². The first kappa shape index (κ1) is 41.9. The molecular weight excluding hydrogens is 777 g/mol. The standard InChI is InChI=1S/C58H52O5/c1-9-25-45(26-10-1)41-59-55-53(43-61-57(47-29-13-3-14-30-47,48-31-15-4-16-32-48)49-33-17-5-18-34-49)63-54(56(55)60-42-46-27-11-2-12-28-46)44-62-58(50-35-19-6-20-36-50,51-37-21-7-22-38-51)52-39-23-8-24-40-52/h1-40,53-56H,41-44H2/t53-,54+,55-,56-/m1/s1. The predicted molar refractivity (Wildman–Crippen MR) is 249 cm³/mol. The Morgan fingerprint density at radius 1 is 0.302 bits per heavy atom. The molecule has 0 aliphatic carbocycles. The fourth-order valence-electron chi connectivity index (χ4n) is 8.96.